The Kier molecular flexibility index (Phi) is 11.0. The highest BCUT2D eigenvalue weighted by Crippen LogP contribution is 2.49. The van der Waals surface area contributed by atoms with Crippen molar-refractivity contribution in [2.24, 2.45) is 0 Å². The highest BCUT2D eigenvalue weighted by Gasteiger charge is 2.63. The molecule has 0 bridgehead atoms. The number of aromatic nitrogens is 2. The molecule has 3 aromatic rings. The van der Waals surface area contributed by atoms with E-state index in [-0.39, 0.29) is 18.2 Å². The van der Waals surface area contributed by atoms with E-state index in [0.717, 1.165) is 12.3 Å². The number of nitrogens with zero attached hydrogens (tertiary/aromatic N) is 2. The predicted octanol–water partition coefficient (Wildman–Crippen LogP) is 4.60. The van der Waals surface area contributed by atoms with E-state index in [0.29, 0.717) is 10.1 Å². The third-order valence-corrected chi connectivity index (χ3v) is 8.02. The van der Waals surface area contributed by atoms with E-state index in [1.165, 1.54) is 39.8 Å². The zero-order chi connectivity index (χ0) is 34.4. The molecule has 0 saturated carbocycles. The number of nitrogens with one attached hydrogen (secondary N) is 1. The zero-order valence-corrected chi connectivity index (χ0v) is 26.8. The second-order valence-electron chi connectivity index (χ2n) is 11.4. The molecule has 17 heteroatoms. The van der Waals surface area contributed by atoms with Crippen molar-refractivity contribution in [3.05, 3.63) is 89.0 Å². The minimum Gasteiger partial charge on any atom is -0.460 e. The van der Waals surface area contributed by atoms with E-state index in [4.69, 9.17) is 33.7 Å². The van der Waals surface area contributed by atoms with Crippen molar-refractivity contribution in [3.8, 4) is 5.75 Å². The van der Waals surface area contributed by atoms with Crippen molar-refractivity contribution in [2.45, 2.75) is 70.3 Å². The van der Waals surface area contributed by atoms with E-state index in [9.17, 15) is 18.9 Å². The number of carbonyl (C=O) groups excluding carboxylic acids is 2. The Balaban J connectivity index is 1.58. The first kappa shape index (κ1) is 35.5. The lowest BCUT2D eigenvalue weighted by Gasteiger charge is -2.27. The molecular weight excluding hydrogens is 645 g/mol. The summed E-state index contributed by atoms with van der Waals surface area (Å²) in [7, 11) is -4.59. The molecule has 0 aliphatic carbocycles. The summed E-state index contributed by atoms with van der Waals surface area (Å²) in [5.41, 5.74) is 3.92. The van der Waals surface area contributed by atoms with Gasteiger partial charge >= 0.3 is 31.5 Å². The summed E-state index contributed by atoms with van der Waals surface area (Å²) in [6, 6.07) is 16.3. The molecule has 1 aliphatic heterocycles. The van der Waals surface area contributed by atoms with Crippen molar-refractivity contribution >= 4 is 25.7 Å². The number of nitrogen functional groups attached to an aromatic ring is 1. The number of ether oxygens (including phenoxy) is 4. The summed E-state index contributed by atoms with van der Waals surface area (Å²) in [4.78, 5) is 41.2. The fraction of sp³-hybridized carbons (Fsp3) is 0.400. The number of hydrogen-bond acceptors (Lipinski definition) is 12. The van der Waals surface area contributed by atoms with Gasteiger partial charge in [0.1, 0.15) is 35.9 Å². The summed E-state index contributed by atoms with van der Waals surface area (Å²) < 4.78 is 78.2. The second kappa shape index (κ2) is 14.6. The van der Waals surface area contributed by atoms with Gasteiger partial charge in [-0.3, -0.25) is 13.9 Å². The summed E-state index contributed by atoms with van der Waals surface area (Å²) in [5.74, 6) is -5.07. The Morgan fingerprint density at radius 2 is 1.74 bits per heavy atom. The molecule has 0 radical (unpaired) electrons. The van der Waals surface area contributed by atoms with Crippen LogP contribution in [0.5, 0.6) is 5.75 Å². The van der Waals surface area contributed by atoms with E-state index in [1.807, 2.05) is 0 Å². The first-order valence-corrected chi connectivity index (χ1v) is 15.9. The maximum Gasteiger partial charge on any atom is 0.509 e. The van der Waals surface area contributed by atoms with Crippen LogP contribution in [-0.4, -0.2) is 58.1 Å². The van der Waals surface area contributed by atoms with Gasteiger partial charge in [-0.15, -0.1) is 0 Å². The summed E-state index contributed by atoms with van der Waals surface area (Å²) >= 11 is 0. The Morgan fingerprint density at radius 3 is 2.36 bits per heavy atom. The molecule has 254 valence electrons. The molecule has 0 spiro atoms. The van der Waals surface area contributed by atoms with Crippen LogP contribution in [0.25, 0.3) is 0 Å². The standard InChI is InChI=1S/C30H35F2N4O10P/c1-19(25(37)41-17-20-11-7-5-8-12-20)35-47(40,46-21-13-9-6-10-14-21)42-18-22-24(44-28(39)45-29(2,3)4)30(31,32)26(43-22)36-16-15-23(33)34-27(36)38/h5-16,19,22,24,26H,17-18H2,1-4H3,(H,35,40)(H2,33,34,38)/t19-,22+,24+,26+,47-/m0/s1. The number of carbonyl (C=O) groups is 2. The number of rotatable bonds is 12. The number of alkyl halides is 2. The number of para-hydroxylation sites is 1. The molecule has 3 N–H and O–H groups in total. The normalized spacial score (nSPS) is 20.9. The maximum absolute atomic E-state index is 15.9. The Morgan fingerprint density at radius 1 is 1.11 bits per heavy atom. The van der Waals surface area contributed by atoms with Crippen LogP contribution in [0, 0.1) is 0 Å². The first-order chi connectivity index (χ1) is 22.1. The highest BCUT2D eigenvalue weighted by molar-refractivity contribution is 7.52. The van der Waals surface area contributed by atoms with Crippen molar-refractivity contribution in [1.29, 1.82) is 0 Å². The van der Waals surface area contributed by atoms with Gasteiger partial charge in [0.05, 0.1) is 6.61 Å². The molecule has 4 rings (SSSR count). The minimum absolute atomic E-state index is 0.0461. The molecule has 1 aromatic heterocycles. The fourth-order valence-corrected chi connectivity index (χ4v) is 5.76. The van der Waals surface area contributed by atoms with Crippen molar-refractivity contribution < 1.29 is 50.9 Å². The lowest BCUT2D eigenvalue weighted by molar-refractivity contribution is -0.149. The topological polar surface area (TPSA) is 180 Å². The van der Waals surface area contributed by atoms with Crippen LogP contribution in [0.3, 0.4) is 0 Å². The summed E-state index contributed by atoms with van der Waals surface area (Å²) in [6.45, 7) is 4.80. The third kappa shape index (κ3) is 9.58. The van der Waals surface area contributed by atoms with Crippen LogP contribution in [0.1, 0.15) is 39.5 Å². The second-order valence-corrected chi connectivity index (χ2v) is 13.1. The first-order valence-electron chi connectivity index (χ1n) is 14.3. The largest absolute Gasteiger partial charge is 0.509 e. The van der Waals surface area contributed by atoms with Crippen LogP contribution in [0.15, 0.2) is 77.7 Å². The van der Waals surface area contributed by atoms with Gasteiger partial charge in [0.25, 0.3) is 0 Å². The average Bonchev–Trinajstić information content (AvgIpc) is 3.23. The van der Waals surface area contributed by atoms with E-state index in [1.54, 1.807) is 48.5 Å². The van der Waals surface area contributed by atoms with E-state index < -0.39 is 68.2 Å². The van der Waals surface area contributed by atoms with Gasteiger partial charge in [-0.05, 0) is 51.5 Å². The van der Waals surface area contributed by atoms with Gasteiger partial charge in [-0.25, -0.2) is 14.2 Å². The average molecular weight is 681 g/mol. The maximum atomic E-state index is 15.9. The number of halogens is 2. The molecule has 14 nitrogen and oxygen atoms in total. The number of esters is 1. The molecule has 1 saturated heterocycles. The van der Waals surface area contributed by atoms with E-state index in [2.05, 4.69) is 10.1 Å². The molecular formula is C30H35F2N4O10P. The van der Waals surface area contributed by atoms with Gasteiger partial charge in [0.15, 0.2) is 0 Å². The van der Waals surface area contributed by atoms with Crippen LogP contribution in [0.2, 0.25) is 0 Å². The van der Waals surface area contributed by atoms with Gasteiger partial charge in [0.2, 0.25) is 12.3 Å². The van der Waals surface area contributed by atoms with E-state index >= 15 is 8.78 Å². The van der Waals surface area contributed by atoms with Crippen LogP contribution in [0.4, 0.5) is 19.4 Å². The molecule has 0 unspecified atom stereocenters. The number of anilines is 1. The van der Waals surface area contributed by atoms with Gasteiger partial charge in [-0.2, -0.15) is 18.9 Å². The summed E-state index contributed by atoms with van der Waals surface area (Å²) in [6.07, 6.45) is -7.13. The van der Waals surface area contributed by atoms with Crippen LogP contribution < -0.4 is 21.0 Å². The number of nitrogens with two attached hydrogens (primary N) is 1. The van der Waals surface area contributed by atoms with Gasteiger partial charge in [-0.1, -0.05) is 48.5 Å². The SMILES string of the molecule is C[C@H](N[P@](=O)(OC[C@H]1O[C@@H](n2ccc(N)nc2=O)C(F)(F)[C@@H]1OC(=O)OC(C)(C)C)Oc1ccccc1)C(=O)OCc1ccccc1. The van der Waals surface area contributed by atoms with Gasteiger partial charge in [0, 0.05) is 6.20 Å². The van der Waals surface area contributed by atoms with Crippen molar-refractivity contribution in [2.75, 3.05) is 12.3 Å². The Labute approximate surface area is 268 Å². The third-order valence-electron chi connectivity index (χ3n) is 6.37. The highest BCUT2D eigenvalue weighted by atomic mass is 31.2. The van der Waals surface area contributed by atoms with Gasteiger partial charge < -0.3 is 29.2 Å². The van der Waals surface area contributed by atoms with Crippen molar-refractivity contribution in [1.82, 2.24) is 14.6 Å². The lowest BCUT2D eigenvalue weighted by Crippen LogP contribution is -2.45. The smallest absolute Gasteiger partial charge is 0.460 e. The monoisotopic (exact) mass is 680 g/mol. The predicted molar refractivity (Wildman–Crippen MR) is 162 cm³/mol. The Bertz CT molecular complexity index is 1640. The molecule has 47 heavy (non-hydrogen) atoms. The Hall–Kier alpha value is -4.37. The molecule has 2 aromatic carbocycles. The fourth-order valence-electron chi connectivity index (χ4n) is 4.26. The molecule has 2 heterocycles. The number of hydrogen-bond donors (Lipinski definition) is 2. The van der Waals surface area contributed by atoms with Crippen LogP contribution in [-0.2, 0) is 39.4 Å². The minimum atomic E-state index is -4.59. The van der Waals surface area contributed by atoms with Crippen molar-refractivity contribution in [3.63, 3.8) is 0 Å². The quantitative estimate of drug-likeness (QED) is 0.200. The molecule has 1 aliphatic rings. The molecule has 1 fully saturated rings. The molecule has 5 atom stereocenters. The molecule has 0 amide bonds. The zero-order valence-electron chi connectivity index (χ0n) is 25.9. The summed E-state index contributed by atoms with van der Waals surface area (Å²) in [5, 5.41) is 2.45. The lowest BCUT2D eigenvalue weighted by atomic mass is 10.1. The number of benzene rings is 2. The van der Waals surface area contributed by atoms with Crippen LogP contribution >= 0.6 is 7.75 Å².